The number of thiazole rings is 1. The van der Waals surface area contributed by atoms with Crippen LogP contribution in [0.4, 0.5) is 0 Å². The van der Waals surface area contributed by atoms with Crippen LogP contribution < -0.4 is 10.6 Å². The lowest BCUT2D eigenvalue weighted by atomic mass is 10.3. The molecule has 0 radical (unpaired) electrons. The second kappa shape index (κ2) is 8.66. The summed E-state index contributed by atoms with van der Waals surface area (Å²) < 4.78 is 6.00. The number of carbonyl (C=O) groups is 3. The van der Waals surface area contributed by atoms with Gasteiger partial charge in [0, 0.05) is 7.05 Å². The molecule has 2 N–H and O–H groups in total. The first-order valence-corrected chi connectivity index (χ1v) is 9.47. The third-order valence-corrected chi connectivity index (χ3v) is 5.44. The van der Waals surface area contributed by atoms with Crippen molar-refractivity contribution in [2.45, 2.75) is 13.0 Å². The van der Waals surface area contributed by atoms with Gasteiger partial charge in [-0.05, 0) is 31.2 Å². The van der Waals surface area contributed by atoms with Crippen molar-refractivity contribution in [1.82, 2.24) is 20.5 Å². The number of fused-ring (bicyclic) bond motifs is 1. The van der Waals surface area contributed by atoms with Crippen LogP contribution in [0, 0.1) is 0 Å². The largest absolute Gasteiger partial charge is 0.459 e. The molecule has 3 rings (SSSR count). The van der Waals surface area contributed by atoms with Crippen molar-refractivity contribution in [3.8, 4) is 0 Å². The standard InChI is InChI=1S/C19H20N4O4S/c1-12(19-22-13-6-3-4-8-15(13)28-19)23(2)17(25)11-20-16(24)10-21-18(26)14-7-5-9-27-14/h3-9,12H,10-11H2,1-2H3,(H,20,24)(H,21,26)/t12-/m0/s1. The fraction of sp³-hybridized carbons (Fsp3) is 0.263. The number of nitrogens with one attached hydrogen (secondary N) is 2. The molecule has 3 aromatic rings. The maximum Gasteiger partial charge on any atom is 0.287 e. The normalized spacial score (nSPS) is 11.8. The number of furan rings is 1. The molecular weight excluding hydrogens is 380 g/mol. The fourth-order valence-corrected chi connectivity index (χ4v) is 3.53. The van der Waals surface area contributed by atoms with Gasteiger partial charge in [-0.25, -0.2) is 4.98 Å². The molecule has 2 aromatic heterocycles. The van der Waals surface area contributed by atoms with Crippen LogP contribution in [-0.2, 0) is 9.59 Å². The summed E-state index contributed by atoms with van der Waals surface area (Å²) in [5, 5.41) is 5.76. The SMILES string of the molecule is C[C@@H](c1nc2ccccc2s1)N(C)C(=O)CNC(=O)CNC(=O)c1ccco1. The van der Waals surface area contributed by atoms with Crippen molar-refractivity contribution in [3.05, 3.63) is 53.4 Å². The zero-order valence-electron chi connectivity index (χ0n) is 15.5. The van der Waals surface area contributed by atoms with Crippen molar-refractivity contribution in [3.63, 3.8) is 0 Å². The van der Waals surface area contributed by atoms with E-state index in [1.165, 1.54) is 23.7 Å². The minimum absolute atomic E-state index is 0.119. The lowest BCUT2D eigenvalue weighted by molar-refractivity contribution is -0.133. The number of hydrogen-bond acceptors (Lipinski definition) is 6. The van der Waals surface area contributed by atoms with Crippen LogP contribution in [0.25, 0.3) is 10.2 Å². The predicted octanol–water partition coefficient (Wildman–Crippen LogP) is 1.95. The van der Waals surface area contributed by atoms with Crippen molar-refractivity contribution in [2.24, 2.45) is 0 Å². The number of hydrogen-bond donors (Lipinski definition) is 2. The number of amides is 3. The Morgan fingerprint density at radius 2 is 1.93 bits per heavy atom. The maximum absolute atomic E-state index is 12.4. The molecule has 146 valence electrons. The second-order valence-electron chi connectivity index (χ2n) is 6.14. The van der Waals surface area contributed by atoms with E-state index in [-0.39, 0.29) is 30.8 Å². The van der Waals surface area contributed by atoms with Gasteiger partial charge in [0.2, 0.25) is 11.8 Å². The van der Waals surface area contributed by atoms with Crippen LogP contribution in [0.5, 0.6) is 0 Å². The first kappa shape index (κ1) is 19.6. The van der Waals surface area contributed by atoms with Gasteiger partial charge in [-0.3, -0.25) is 14.4 Å². The molecule has 0 saturated carbocycles. The van der Waals surface area contributed by atoms with Gasteiger partial charge >= 0.3 is 0 Å². The molecule has 1 aromatic carbocycles. The highest BCUT2D eigenvalue weighted by Crippen LogP contribution is 2.28. The molecule has 0 spiro atoms. The average Bonchev–Trinajstić information content (AvgIpc) is 3.38. The molecule has 0 aliphatic rings. The van der Waals surface area contributed by atoms with Crippen molar-refractivity contribution in [2.75, 3.05) is 20.1 Å². The van der Waals surface area contributed by atoms with Crippen molar-refractivity contribution in [1.29, 1.82) is 0 Å². The van der Waals surface area contributed by atoms with Gasteiger partial charge in [0.1, 0.15) is 5.01 Å². The first-order chi connectivity index (χ1) is 13.5. The van der Waals surface area contributed by atoms with Gasteiger partial charge in [0.25, 0.3) is 5.91 Å². The number of rotatable bonds is 7. The van der Waals surface area contributed by atoms with E-state index < -0.39 is 11.8 Å². The van der Waals surface area contributed by atoms with E-state index in [0.717, 1.165) is 15.2 Å². The van der Waals surface area contributed by atoms with Crippen LogP contribution in [0.2, 0.25) is 0 Å². The monoisotopic (exact) mass is 400 g/mol. The summed E-state index contributed by atoms with van der Waals surface area (Å²) in [6, 6.07) is 10.6. The number of benzene rings is 1. The number of nitrogens with zero attached hydrogens (tertiary/aromatic N) is 2. The molecule has 1 atom stereocenters. The van der Waals surface area contributed by atoms with E-state index in [9.17, 15) is 14.4 Å². The van der Waals surface area contributed by atoms with Gasteiger partial charge in [-0.1, -0.05) is 12.1 Å². The molecular formula is C19H20N4O4S. The Morgan fingerprint density at radius 3 is 2.64 bits per heavy atom. The Kier molecular flexibility index (Phi) is 6.05. The topological polar surface area (TPSA) is 105 Å². The highest BCUT2D eigenvalue weighted by Gasteiger charge is 2.21. The molecule has 0 unspecified atom stereocenters. The summed E-state index contributed by atoms with van der Waals surface area (Å²) in [4.78, 5) is 42.1. The molecule has 3 amide bonds. The third-order valence-electron chi connectivity index (χ3n) is 4.23. The van der Waals surface area contributed by atoms with Crippen LogP contribution in [-0.4, -0.2) is 47.7 Å². The predicted molar refractivity (Wildman–Crippen MR) is 105 cm³/mol. The zero-order valence-corrected chi connectivity index (χ0v) is 16.3. The Labute approximate surface area is 165 Å². The van der Waals surface area contributed by atoms with Gasteiger partial charge < -0.3 is 20.0 Å². The van der Waals surface area contributed by atoms with E-state index in [1.54, 1.807) is 18.0 Å². The molecule has 8 nitrogen and oxygen atoms in total. The molecule has 9 heteroatoms. The van der Waals surface area contributed by atoms with Gasteiger partial charge in [0.05, 0.1) is 35.6 Å². The number of para-hydroxylation sites is 1. The summed E-state index contributed by atoms with van der Waals surface area (Å²) in [5.74, 6) is -1.09. The lowest BCUT2D eigenvalue weighted by Crippen LogP contribution is -2.43. The van der Waals surface area contributed by atoms with Crippen LogP contribution in [0.3, 0.4) is 0 Å². The zero-order chi connectivity index (χ0) is 20.1. The molecule has 0 aliphatic heterocycles. The molecule has 0 saturated heterocycles. The lowest BCUT2D eigenvalue weighted by Gasteiger charge is -2.23. The molecule has 0 aliphatic carbocycles. The molecule has 28 heavy (non-hydrogen) atoms. The third kappa shape index (κ3) is 4.55. The van der Waals surface area contributed by atoms with Gasteiger partial charge in [-0.15, -0.1) is 11.3 Å². The first-order valence-electron chi connectivity index (χ1n) is 8.65. The van der Waals surface area contributed by atoms with Gasteiger partial charge in [0.15, 0.2) is 5.76 Å². The van der Waals surface area contributed by atoms with Crippen molar-refractivity contribution < 1.29 is 18.8 Å². The molecule has 0 bridgehead atoms. The van der Waals surface area contributed by atoms with E-state index in [0.29, 0.717) is 0 Å². The minimum atomic E-state index is -0.493. The second-order valence-corrected chi connectivity index (χ2v) is 7.20. The van der Waals surface area contributed by atoms with E-state index >= 15 is 0 Å². The van der Waals surface area contributed by atoms with Gasteiger partial charge in [-0.2, -0.15) is 0 Å². The number of aromatic nitrogens is 1. The average molecular weight is 400 g/mol. The summed E-state index contributed by atoms with van der Waals surface area (Å²) in [7, 11) is 1.67. The maximum atomic E-state index is 12.4. The van der Waals surface area contributed by atoms with Crippen LogP contribution in [0.15, 0.2) is 47.1 Å². The van der Waals surface area contributed by atoms with E-state index in [1.807, 2.05) is 31.2 Å². The Balaban J connectivity index is 1.48. The highest BCUT2D eigenvalue weighted by atomic mass is 32.1. The smallest absolute Gasteiger partial charge is 0.287 e. The van der Waals surface area contributed by atoms with E-state index in [4.69, 9.17) is 4.42 Å². The minimum Gasteiger partial charge on any atom is -0.459 e. The summed E-state index contributed by atoms with van der Waals surface area (Å²) in [5.41, 5.74) is 0.899. The Hall–Kier alpha value is -3.20. The highest BCUT2D eigenvalue weighted by molar-refractivity contribution is 7.18. The van der Waals surface area contributed by atoms with Crippen molar-refractivity contribution >= 4 is 39.3 Å². The number of likely N-dealkylation sites (N-methyl/N-ethyl adjacent to an activating group) is 1. The van der Waals surface area contributed by atoms with Crippen LogP contribution in [0.1, 0.15) is 28.5 Å². The molecule has 0 fully saturated rings. The quantitative estimate of drug-likeness (QED) is 0.631. The van der Waals surface area contributed by atoms with E-state index in [2.05, 4.69) is 15.6 Å². The Bertz CT molecular complexity index is 950. The van der Waals surface area contributed by atoms with Crippen LogP contribution >= 0.6 is 11.3 Å². The summed E-state index contributed by atoms with van der Waals surface area (Å²) >= 11 is 1.54. The fourth-order valence-electron chi connectivity index (χ4n) is 2.47. The summed E-state index contributed by atoms with van der Waals surface area (Å²) in [6.07, 6.45) is 1.37. The number of carbonyl (C=O) groups excluding carboxylic acids is 3. The Morgan fingerprint density at radius 1 is 1.14 bits per heavy atom. The molecule has 2 heterocycles. The summed E-state index contributed by atoms with van der Waals surface area (Å²) in [6.45, 7) is 1.48.